The lowest BCUT2D eigenvalue weighted by atomic mass is 10.1. The Bertz CT molecular complexity index is 544. The van der Waals surface area contributed by atoms with E-state index in [1.807, 2.05) is 18.7 Å². The Balaban J connectivity index is 2.38. The summed E-state index contributed by atoms with van der Waals surface area (Å²) >= 11 is 0. The summed E-state index contributed by atoms with van der Waals surface area (Å²) in [7, 11) is 1.81. The van der Waals surface area contributed by atoms with Crippen molar-refractivity contribution in [3.8, 4) is 6.07 Å². The second kappa shape index (κ2) is 5.92. The minimum Gasteiger partial charge on any atom is -0.355 e. The fourth-order valence-electron chi connectivity index (χ4n) is 2.59. The van der Waals surface area contributed by atoms with E-state index in [1.165, 1.54) is 0 Å². The Labute approximate surface area is 118 Å². The fourth-order valence-corrected chi connectivity index (χ4v) is 2.59. The molecule has 2 N–H and O–H groups in total. The van der Waals surface area contributed by atoms with Crippen LogP contribution in [0.15, 0.2) is 0 Å². The van der Waals surface area contributed by atoms with E-state index in [1.54, 1.807) is 11.7 Å². The maximum Gasteiger partial charge on any atom is 0.244 e. The molecule has 20 heavy (non-hydrogen) atoms. The number of carbonyl (C=O) groups is 1. The maximum absolute atomic E-state index is 12.2. The van der Waals surface area contributed by atoms with E-state index in [0.717, 1.165) is 12.4 Å². The van der Waals surface area contributed by atoms with Crippen LogP contribution in [-0.4, -0.2) is 47.9 Å². The minimum absolute atomic E-state index is 0.0255. The highest BCUT2D eigenvalue weighted by atomic mass is 16.2. The highest BCUT2D eigenvalue weighted by Crippen LogP contribution is 2.25. The van der Waals surface area contributed by atoms with Gasteiger partial charge in [-0.15, -0.1) is 0 Å². The first-order valence-corrected chi connectivity index (χ1v) is 6.78. The number of nitriles is 1. The van der Waals surface area contributed by atoms with E-state index in [2.05, 4.69) is 21.8 Å². The summed E-state index contributed by atoms with van der Waals surface area (Å²) in [4.78, 5) is 14.2. The zero-order chi connectivity index (χ0) is 14.7. The third-order valence-corrected chi connectivity index (χ3v) is 3.47. The molecule has 2 rings (SSSR count). The summed E-state index contributed by atoms with van der Waals surface area (Å²) in [6.07, 6.45) is 0. The van der Waals surface area contributed by atoms with Crippen molar-refractivity contribution in [2.24, 2.45) is 7.05 Å². The second-order valence-electron chi connectivity index (χ2n) is 4.83. The molecule has 108 valence electrons. The quantitative estimate of drug-likeness (QED) is 0.778. The van der Waals surface area contributed by atoms with Crippen molar-refractivity contribution in [2.75, 3.05) is 31.1 Å². The van der Waals surface area contributed by atoms with Gasteiger partial charge in [0.2, 0.25) is 5.91 Å². The molecule has 0 radical (unpaired) electrons. The lowest BCUT2D eigenvalue weighted by Gasteiger charge is -2.36. The number of nitrogens with one attached hydrogen (secondary N) is 2. The van der Waals surface area contributed by atoms with Gasteiger partial charge in [0, 0.05) is 33.2 Å². The number of carbonyl (C=O) groups excluding carboxylic acids is 1. The van der Waals surface area contributed by atoms with Crippen LogP contribution in [0.4, 0.5) is 5.82 Å². The predicted molar refractivity (Wildman–Crippen MR) is 75.3 cm³/mol. The van der Waals surface area contributed by atoms with E-state index in [9.17, 15) is 10.1 Å². The minimum atomic E-state index is -0.314. The number of anilines is 1. The van der Waals surface area contributed by atoms with Crippen LogP contribution in [0.1, 0.15) is 18.2 Å². The molecule has 7 heteroatoms. The molecule has 7 nitrogen and oxygen atoms in total. The third kappa shape index (κ3) is 2.47. The monoisotopic (exact) mass is 276 g/mol. The Hall–Kier alpha value is -2.07. The number of aryl methyl sites for hydroxylation is 2. The van der Waals surface area contributed by atoms with E-state index >= 15 is 0 Å². The number of amides is 1. The van der Waals surface area contributed by atoms with Gasteiger partial charge < -0.3 is 15.5 Å². The van der Waals surface area contributed by atoms with E-state index < -0.39 is 0 Å². The van der Waals surface area contributed by atoms with E-state index in [4.69, 9.17) is 0 Å². The maximum atomic E-state index is 12.2. The van der Waals surface area contributed by atoms with Crippen LogP contribution in [0.2, 0.25) is 0 Å². The van der Waals surface area contributed by atoms with Crippen molar-refractivity contribution in [3.63, 3.8) is 0 Å². The largest absolute Gasteiger partial charge is 0.355 e. The molecular weight excluding hydrogens is 256 g/mol. The summed E-state index contributed by atoms with van der Waals surface area (Å²) in [6.45, 7) is 6.33. The molecule has 0 spiro atoms. The number of likely N-dealkylation sites (N-methyl/N-ethyl adjacent to an activating group) is 1. The molecule has 2 heterocycles. The molecule has 1 amide bonds. The number of piperazine rings is 1. The van der Waals surface area contributed by atoms with Gasteiger partial charge in [0.05, 0.1) is 5.69 Å². The van der Waals surface area contributed by atoms with Crippen LogP contribution in [0.25, 0.3) is 0 Å². The zero-order valence-corrected chi connectivity index (χ0v) is 12.1. The van der Waals surface area contributed by atoms with Gasteiger partial charge >= 0.3 is 0 Å². The van der Waals surface area contributed by atoms with Gasteiger partial charge in [0.1, 0.15) is 23.5 Å². The van der Waals surface area contributed by atoms with Gasteiger partial charge in [0.15, 0.2) is 0 Å². The van der Waals surface area contributed by atoms with Crippen molar-refractivity contribution in [1.82, 2.24) is 20.4 Å². The van der Waals surface area contributed by atoms with Crippen molar-refractivity contribution < 1.29 is 4.79 Å². The van der Waals surface area contributed by atoms with Gasteiger partial charge in [-0.1, -0.05) is 0 Å². The van der Waals surface area contributed by atoms with Crippen LogP contribution >= 0.6 is 0 Å². The summed E-state index contributed by atoms with van der Waals surface area (Å²) in [5, 5.41) is 19.7. The first-order valence-electron chi connectivity index (χ1n) is 6.78. The molecule has 0 aromatic carbocycles. The van der Waals surface area contributed by atoms with Crippen molar-refractivity contribution in [3.05, 3.63) is 11.3 Å². The molecule has 1 aliphatic rings. The molecule has 0 saturated carbocycles. The Morgan fingerprint density at radius 3 is 3.05 bits per heavy atom. The average molecular weight is 276 g/mol. The Morgan fingerprint density at radius 1 is 1.65 bits per heavy atom. The fraction of sp³-hybridized carbons (Fsp3) is 0.615. The highest BCUT2D eigenvalue weighted by Gasteiger charge is 2.32. The van der Waals surface area contributed by atoms with Crippen LogP contribution in [0.5, 0.6) is 0 Å². The van der Waals surface area contributed by atoms with Gasteiger partial charge in [-0.3, -0.25) is 9.48 Å². The van der Waals surface area contributed by atoms with Crippen molar-refractivity contribution in [1.29, 1.82) is 5.26 Å². The number of aromatic nitrogens is 2. The van der Waals surface area contributed by atoms with Gasteiger partial charge in [-0.2, -0.15) is 10.4 Å². The number of hydrogen-bond donors (Lipinski definition) is 2. The van der Waals surface area contributed by atoms with Crippen molar-refractivity contribution >= 4 is 11.7 Å². The highest BCUT2D eigenvalue weighted by molar-refractivity contribution is 5.86. The van der Waals surface area contributed by atoms with E-state index in [0.29, 0.717) is 30.9 Å². The lowest BCUT2D eigenvalue weighted by molar-refractivity contribution is -0.122. The smallest absolute Gasteiger partial charge is 0.244 e. The van der Waals surface area contributed by atoms with Crippen molar-refractivity contribution in [2.45, 2.75) is 19.9 Å². The second-order valence-corrected chi connectivity index (χ2v) is 4.83. The summed E-state index contributed by atoms with van der Waals surface area (Å²) in [5.74, 6) is 0.699. The summed E-state index contributed by atoms with van der Waals surface area (Å²) in [5.41, 5.74) is 1.24. The zero-order valence-electron chi connectivity index (χ0n) is 12.1. The average Bonchev–Trinajstić information content (AvgIpc) is 2.72. The van der Waals surface area contributed by atoms with Gasteiger partial charge in [-0.25, -0.2) is 0 Å². The predicted octanol–water partition coefficient (Wildman–Crippen LogP) is -0.485. The number of hydrogen-bond acceptors (Lipinski definition) is 5. The molecule has 0 aliphatic carbocycles. The summed E-state index contributed by atoms with van der Waals surface area (Å²) in [6, 6.07) is 1.88. The number of nitrogens with zero attached hydrogens (tertiary/aromatic N) is 4. The Kier molecular flexibility index (Phi) is 4.25. The Morgan fingerprint density at radius 2 is 2.40 bits per heavy atom. The molecular formula is C13H20N6O. The third-order valence-electron chi connectivity index (χ3n) is 3.47. The van der Waals surface area contributed by atoms with Crippen LogP contribution < -0.4 is 15.5 Å². The molecule has 0 bridgehead atoms. The normalized spacial score (nSPS) is 18.7. The number of rotatable bonds is 3. The first kappa shape index (κ1) is 14.3. The topological polar surface area (TPSA) is 86.0 Å². The molecule has 1 aliphatic heterocycles. The molecule has 1 atom stereocenters. The van der Waals surface area contributed by atoms with Crippen LogP contribution in [0.3, 0.4) is 0 Å². The standard InChI is InChI=1S/C13H20N6O/c1-4-16-12(20)11-8-15-5-6-19(11)13-10(7-14)9(2)17-18(13)3/h11,15H,4-6,8H2,1-3H3,(H,16,20). The molecule has 1 aromatic rings. The van der Waals surface area contributed by atoms with Crippen LogP contribution in [0, 0.1) is 18.3 Å². The summed E-state index contributed by atoms with van der Waals surface area (Å²) < 4.78 is 1.69. The molecule has 1 unspecified atom stereocenters. The molecule has 1 fully saturated rings. The molecule has 1 aromatic heterocycles. The molecule has 1 saturated heterocycles. The van der Waals surface area contributed by atoms with Crippen LogP contribution in [-0.2, 0) is 11.8 Å². The SMILES string of the molecule is CCNC(=O)C1CNCCN1c1c(C#N)c(C)nn1C. The van der Waals surface area contributed by atoms with E-state index in [-0.39, 0.29) is 11.9 Å². The lowest BCUT2D eigenvalue weighted by Crippen LogP contribution is -2.58. The van der Waals surface area contributed by atoms with Gasteiger partial charge in [-0.05, 0) is 13.8 Å². The first-order chi connectivity index (χ1) is 9.60. The van der Waals surface area contributed by atoms with Gasteiger partial charge in [0.25, 0.3) is 0 Å².